The van der Waals surface area contributed by atoms with Crippen LogP contribution >= 0.6 is 11.6 Å². The highest BCUT2D eigenvalue weighted by Gasteiger charge is 2.06. The average molecular weight is 301 g/mol. The Kier molecular flexibility index (Phi) is 3.54. The van der Waals surface area contributed by atoms with E-state index in [0.29, 0.717) is 10.9 Å². The number of aromatic amines is 1. The number of hydrogen-bond acceptors (Lipinski definition) is 2. The first-order chi connectivity index (χ1) is 10.1. The summed E-state index contributed by atoms with van der Waals surface area (Å²) in [6.07, 6.45) is 1.62. The molecule has 0 aliphatic carbocycles. The highest BCUT2D eigenvalue weighted by Crippen LogP contribution is 2.19. The van der Waals surface area contributed by atoms with Gasteiger partial charge in [0.1, 0.15) is 5.82 Å². The van der Waals surface area contributed by atoms with E-state index >= 15 is 0 Å². The second kappa shape index (κ2) is 5.50. The molecule has 0 aliphatic heterocycles. The zero-order chi connectivity index (χ0) is 14.8. The van der Waals surface area contributed by atoms with Gasteiger partial charge in [0.25, 0.3) is 5.56 Å². The van der Waals surface area contributed by atoms with Crippen LogP contribution in [0.4, 0.5) is 4.39 Å². The molecule has 5 heteroatoms. The van der Waals surface area contributed by atoms with Gasteiger partial charge in [-0.1, -0.05) is 35.9 Å². The lowest BCUT2D eigenvalue weighted by Crippen LogP contribution is -2.10. The summed E-state index contributed by atoms with van der Waals surface area (Å²) in [5.74, 6) is -0.0369. The number of fused-ring (bicyclic) bond motifs is 1. The Morgan fingerprint density at radius 3 is 2.62 bits per heavy atom. The van der Waals surface area contributed by atoms with Gasteiger partial charge in [-0.25, -0.2) is 9.37 Å². The number of benzene rings is 2. The summed E-state index contributed by atoms with van der Waals surface area (Å²) < 4.78 is 12.9. The number of nitrogens with one attached hydrogen (secondary N) is 1. The molecule has 0 saturated heterocycles. The van der Waals surface area contributed by atoms with Gasteiger partial charge in [-0.3, -0.25) is 4.79 Å². The van der Waals surface area contributed by atoms with Gasteiger partial charge >= 0.3 is 0 Å². The van der Waals surface area contributed by atoms with Crippen LogP contribution in [0.5, 0.6) is 0 Å². The van der Waals surface area contributed by atoms with E-state index in [4.69, 9.17) is 11.6 Å². The number of H-pyrrole nitrogens is 1. The Labute approximate surface area is 124 Å². The molecule has 3 nitrogen and oxygen atoms in total. The van der Waals surface area contributed by atoms with Crippen molar-refractivity contribution in [3.05, 3.63) is 76.1 Å². The van der Waals surface area contributed by atoms with Crippen LogP contribution in [0.25, 0.3) is 22.0 Å². The monoisotopic (exact) mass is 300 g/mol. The van der Waals surface area contributed by atoms with Crippen LogP contribution in [-0.2, 0) is 0 Å². The lowest BCUT2D eigenvalue weighted by Gasteiger charge is -2.02. The summed E-state index contributed by atoms with van der Waals surface area (Å²) >= 11 is 6.19. The van der Waals surface area contributed by atoms with Gasteiger partial charge in [-0.15, -0.1) is 0 Å². The third-order valence-electron chi connectivity index (χ3n) is 3.00. The molecule has 0 saturated carbocycles. The number of rotatable bonds is 2. The van der Waals surface area contributed by atoms with Crippen molar-refractivity contribution in [2.24, 2.45) is 0 Å². The van der Waals surface area contributed by atoms with Crippen molar-refractivity contribution in [3.63, 3.8) is 0 Å². The Morgan fingerprint density at radius 1 is 1.14 bits per heavy atom. The first kappa shape index (κ1) is 13.5. The van der Waals surface area contributed by atoms with E-state index in [1.165, 1.54) is 12.1 Å². The summed E-state index contributed by atoms with van der Waals surface area (Å²) in [5.41, 5.74) is 1.04. The molecule has 0 spiro atoms. The van der Waals surface area contributed by atoms with E-state index in [0.717, 1.165) is 5.56 Å². The van der Waals surface area contributed by atoms with Crippen LogP contribution in [0, 0.1) is 5.82 Å². The molecule has 2 aromatic carbocycles. The molecule has 104 valence electrons. The number of nitrogens with zero attached hydrogens (tertiary/aromatic N) is 1. The first-order valence-electron chi connectivity index (χ1n) is 6.26. The largest absolute Gasteiger partial charge is 0.305 e. The topological polar surface area (TPSA) is 45.8 Å². The van der Waals surface area contributed by atoms with Crippen molar-refractivity contribution >= 4 is 33.6 Å². The Balaban J connectivity index is 2.07. The van der Waals surface area contributed by atoms with Crippen molar-refractivity contribution in [1.29, 1.82) is 0 Å². The maximum atomic E-state index is 12.9. The molecule has 3 rings (SSSR count). The summed E-state index contributed by atoms with van der Waals surface area (Å²) in [7, 11) is 0. The fraction of sp³-hybridized carbons (Fsp3) is 0. The lowest BCUT2D eigenvalue weighted by molar-refractivity contribution is 0.628. The molecular formula is C16H10ClFN2O. The van der Waals surface area contributed by atoms with Gasteiger partial charge in [-0.05, 0) is 35.9 Å². The fourth-order valence-corrected chi connectivity index (χ4v) is 2.19. The number of halogens is 2. The van der Waals surface area contributed by atoms with Crippen LogP contribution in [-0.4, -0.2) is 9.97 Å². The number of hydrogen-bond donors (Lipinski definition) is 1. The van der Waals surface area contributed by atoms with E-state index in [9.17, 15) is 9.18 Å². The van der Waals surface area contributed by atoms with Gasteiger partial charge in [0.05, 0.1) is 15.9 Å². The molecule has 1 N–H and O–H groups in total. The Hall–Kier alpha value is -2.46. The van der Waals surface area contributed by atoms with Crippen LogP contribution in [0.1, 0.15) is 11.4 Å². The van der Waals surface area contributed by atoms with E-state index in [1.54, 1.807) is 42.5 Å². The highest BCUT2D eigenvalue weighted by molar-refractivity contribution is 6.50. The minimum absolute atomic E-state index is 0.249. The summed E-state index contributed by atoms with van der Waals surface area (Å²) in [6.45, 7) is 0. The van der Waals surface area contributed by atoms with Crippen LogP contribution < -0.4 is 5.56 Å². The highest BCUT2D eigenvalue weighted by atomic mass is 35.5. The molecule has 0 bridgehead atoms. The van der Waals surface area contributed by atoms with Crippen molar-refractivity contribution < 1.29 is 4.39 Å². The molecule has 0 radical (unpaired) electrons. The van der Waals surface area contributed by atoms with E-state index < -0.39 is 0 Å². The molecule has 0 unspecified atom stereocenters. The molecule has 1 heterocycles. The van der Waals surface area contributed by atoms with Gasteiger partial charge in [0.15, 0.2) is 5.82 Å². The number of para-hydroxylation sites is 1. The molecule has 0 fully saturated rings. The van der Waals surface area contributed by atoms with E-state index in [1.807, 2.05) is 0 Å². The standard InChI is InChI=1S/C16H10ClFN2O/c17-13(9-10-5-7-11(18)8-6-10)15-19-14-4-2-1-3-12(14)16(21)20-15/h1-9H,(H,19,20,21)/b13-9-. The van der Waals surface area contributed by atoms with Crippen LogP contribution in [0.15, 0.2) is 53.3 Å². The summed E-state index contributed by atoms with van der Waals surface area (Å²) in [6, 6.07) is 12.9. The van der Waals surface area contributed by atoms with Gasteiger partial charge in [0, 0.05) is 0 Å². The molecule has 3 aromatic rings. The second-order valence-corrected chi connectivity index (χ2v) is 4.88. The molecular weight excluding hydrogens is 291 g/mol. The van der Waals surface area contributed by atoms with Crippen LogP contribution in [0.2, 0.25) is 0 Å². The third kappa shape index (κ3) is 2.85. The zero-order valence-electron chi connectivity index (χ0n) is 10.8. The second-order valence-electron chi connectivity index (χ2n) is 4.48. The maximum absolute atomic E-state index is 12.9. The minimum atomic E-state index is -0.319. The van der Waals surface area contributed by atoms with E-state index in [-0.39, 0.29) is 22.2 Å². The van der Waals surface area contributed by atoms with Gasteiger partial charge in [0.2, 0.25) is 0 Å². The van der Waals surface area contributed by atoms with Crippen LogP contribution in [0.3, 0.4) is 0 Å². The minimum Gasteiger partial charge on any atom is -0.305 e. The Morgan fingerprint density at radius 2 is 1.86 bits per heavy atom. The first-order valence-corrected chi connectivity index (χ1v) is 6.63. The van der Waals surface area contributed by atoms with Crippen molar-refractivity contribution in [3.8, 4) is 0 Å². The summed E-state index contributed by atoms with van der Waals surface area (Å²) in [4.78, 5) is 18.9. The lowest BCUT2D eigenvalue weighted by atomic mass is 10.2. The molecule has 21 heavy (non-hydrogen) atoms. The zero-order valence-corrected chi connectivity index (χ0v) is 11.6. The molecule has 1 aromatic heterocycles. The predicted octanol–water partition coefficient (Wildman–Crippen LogP) is 3.80. The SMILES string of the molecule is O=c1[nH]c(/C(Cl)=C/c2ccc(F)cc2)nc2ccccc12. The maximum Gasteiger partial charge on any atom is 0.259 e. The quantitative estimate of drug-likeness (QED) is 0.782. The van der Waals surface area contributed by atoms with Crippen molar-refractivity contribution in [2.75, 3.05) is 0 Å². The molecule has 0 atom stereocenters. The third-order valence-corrected chi connectivity index (χ3v) is 3.29. The Bertz CT molecular complexity index is 885. The van der Waals surface area contributed by atoms with Crippen molar-refractivity contribution in [2.45, 2.75) is 0 Å². The van der Waals surface area contributed by atoms with Crippen molar-refractivity contribution in [1.82, 2.24) is 9.97 Å². The fourth-order valence-electron chi connectivity index (χ4n) is 1.97. The number of aromatic nitrogens is 2. The van der Waals surface area contributed by atoms with E-state index in [2.05, 4.69) is 9.97 Å². The molecule has 0 amide bonds. The van der Waals surface area contributed by atoms with Gasteiger partial charge in [-0.2, -0.15) is 0 Å². The predicted molar refractivity (Wildman–Crippen MR) is 82.5 cm³/mol. The molecule has 0 aliphatic rings. The van der Waals surface area contributed by atoms with Gasteiger partial charge < -0.3 is 4.98 Å². The smallest absolute Gasteiger partial charge is 0.259 e. The average Bonchev–Trinajstić information content (AvgIpc) is 2.49. The summed E-state index contributed by atoms with van der Waals surface area (Å²) in [5, 5.41) is 0.789. The normalized spacial score (nSPS) is 11.8.